The molecule has 0 nitrogen and oxygen atoms in total. The van der Waals surface area contributed by atoms with Gasteiger partial charge in [0.25, 0.3) is 0 Å². The standard InChI is InChI=1S/HI.Li.H3P.H2S.H/h1H;;1H3;1H2;. The van der Waals surface area contributed by atoms with Gasteiger partial charge in [0.1, 0.15) is 0 Å². The van der Waals surface area contributed by atoms with Gasteiger partial charge in [-0.25, -0.2) is 0 Å². The van der Waals surface area contributed by atoms with Gasteiger partial charge in [-0.1, -0.05) is 0 Å². The normalized spacial score (nSPS) is 0. The zero-order chi connectivity index (χ0) is 0. The van der Waals surface area contributed by atoms with Crippen LogP contribution in [0.4, 0.5) is 0 Å². The Hall–Kier alpha value is 2.11. The Kier molecular flexibility index (Phi) is 174. The molecule has 0 aliphatic carbocycles. The maximum absolute atomic E-state index is 0. The fraction of sp³-hybridized carbons (Fsp3) is 0. The van der Waals surface area contributed by atoms with Gasteiger partial charge in [0, 0.05) is 0 Å². The van der Waals surface area contributed by atoms with Crippen molar-refractivity contribution in [2.75, 3.05) is 0 Å². The first-order valence-corrected chi connectivity index (χ1v) is 0. The van der Waals surface area contributed by atoms with Crippen molar-refractivity contribution >= 4 is 66.2 Å². The Morgan fingerprint density at radius 3 is 1.00 bits per heavy atom. The summed E-state index contributed by atoms with van der Waals surface area (Å²) in [4.78, 5) is 0. The molecule has 0 spiro atoms. The summed E-state index contributed by atoms with van der Waals surface area (Å²) in [6.45, 7) is 0. The van der Waals surface area contributed by atoms with Crippen molar-refractivity contribution in [1.82, 2.24) is 0 Å². The van der Waals surface area contributed by atoms with Gasteiger partial charge in [-0.3, -0.25) is 0 Å². The fourth-order valence-corrected chi connectivity index (χ4v) is 0. The average molecular weight is 204 g/mol. The molecule has 0 aromatic heterocycles. The van der Waals surface area contributed by atoms with Gasteiger partial charge in [-0.15, -0.1) is 24.0 Å². The van der Waals surface area contributed by atoms with E-state index in [4.69, 9.17) is 0 Å². The first kappa shape index (κ1) is 35.9. The molecule has 0 radical (unpaired) electrons. The summed E-state index contributed by atoms with van der Waals surface area (Å²) in [5.41, 5.74) is 0. The second-order valence-corrected chi connectivity index (χ2v) is 0. The van der Waals surface area contributed by atoms with Crippen LogP contribution in [0.2, 0.25) is 0 Å². The quantitative estimate of drug-likeness (QED) is 0.299. The van der Waals surface area contributed by atoms with Gasteiger partial charge in [0.15, 0.2) is 0 Å². The number of hydrogen-bond acceptors (Lipinski definition) is 0. The molecule has 0 saturated heterocycles. The van der Waals surface area contributed by atoms with E-state index in [-0.39, 0.29) is 66.2 Å². The SMILES string of the molecule is I.P.S.[LiH]. The minimum absolute atomic E-state index is 0. The summed E-state index contributed by atoms with van der Waals surface area (Å²) in [5.74, 6) is 0. The molecule has 0 fully saturated rings. The summed E-state index contributed by atoms with van der Waals surface area (Å²) < 4.78 is 0. The summed E-state index contributed by atoms with van der Waals surface area (Å²) in [7, 11) is 0. The van der Waals surface area contributed by atoms with Crippen LogP contribution in [-0.4, -0.2) is 18.9 Å². The average Bonchev–Trinajstić information content (AvgIpc) is 0. The molecule has 26 valence electrons. The monoisotopic (exact) mass is 204 g/mol. The molecule has 0 saturated carbocycles. The minimum atomic E-state index is 0. The van der Waals surface area contributed by atoms with E-state index in [9.17, 15) is 0 Å². The van der Waals surface area contributed by atoms with Gasteiger partial charge in [-0.2, -0.15) is 23.4 Å². The van der Waals surface area contributed by atoms with Crippen molar-refractivity contribution in [2.45, 2.75) is 0 Å². The third-order valence-electron chi connectivity index (χ3n) is 0. The molecule has 0 rings (SSSR count). The predicted octanol–water partition coefficient (Wildman–Crippen LogP) is 0.140. The second kappa shape index (κ2) is 19.4. The van der Waals surface area contributed by atoms with Crippen LogP contribution in [0, 0.1) is 0 Å². The molecule has 0 aliphatic heterocycles. The van der Waals surface area contributed by atoms with Gasteiger partial charge < -0.3 is 0 Å². The van der Waals surface area contributed by atoms with Crippen LogP contribution >= 0.6 is 47.4 Å². The summed E-state index contributed by atoms with van der Waals surface area (Å²) in [5, 5.41) is 0. The first-order chi connectivity index (χ1) is 0. The molecule has 0 heterocycles. The zero-order valence-corrected chi connectivity index (χ0v) is 6.36. The molecule has 1 unspecified atom stereocenters. The van der Waals surface area contributed by atoms with E-state index in [1.54, 1.807) is 0 Å². The van der Waals surface area contributed by atoms with E-state index in [0.717, 1.165) is 0 Å². The van der Waals surface area contributed by atoms with Crippen molar-refractivity contribution in [2.24, 2.45) is 0 Å². The Labute approximate surface area is 65.8 Å². The maximum atomic E-state index is 0. The summed E-state index contributed by atoms with van der Waals surface area (Å²) >= 11 is 0. The van der Waals surface area contributed by atoms with Gasteiger partial charge >= 0.3 is 18.9 Å². The molecule has 0 N–H and O–H groups in total. The summed E-state index contributed by atoms with van der Waals surface area (Å²) in [6.07, 6.45) is 0. The second-order valence-electron chi connectivity index (χ2n) is 0. The van der Waals surface area contributed by atoms with E-state index in [0.29, 0.717) is 0 Å². The summed E-state index contributed by atoms with van der Waals surface area (Å²) in [6, 6.07) is 0. The molecule has 0 aliphatic rings. The Morgan fingerprint density at radius 1 is 1.00 bits per heavy atom. The van der Waals surface area contributed by atoms with Crippen LogP contribution in [-0.2, 0) is 0 Å². The van der Waals surface area contributed by atoms with E-state index in [1.807, 2.05) is 0 Å². The van der Waals surface area contributed by atoms with Gasteiger partial charge in [0.05, 0.1) is 0 Å². The Bertz CT molecular complexity index is 8.00. The molecule has 0 bridgehead atoms. The van der Waals surface area contributed by atoms with Crippen molar-refractivity contribution in [1.29, 1.82) is 0 Å². The van der Waals surface area contributed by atoms with E-state index in [2.05, 4.69) is 0 Å². The van der Waals surface area contributed by atoms with E-state index < -0.39 is 0 Å². The van der Waals surface area contributed by atoms with E-state index in [1.165, 1.54) is 0 Å². The van der Waals surface area contributed by atoms with Gasteiger partial charge in [0.2, 0.25) is 0 Å². The fourth-order valence-electron chi connectivity index (χ4n) is 0. The van der Waals surface area contributed by atoms with Crippen LogP contribution < -0.4 is 0 Å². The number of rotatable bonds is 0. The van der Waals surface area contributed by atoms with Crippen molar-refractivity contribution in [3.05, 3.63) is 0 Å². The third kappa shape index (κ3) is 8.93. The van der Waals surface area contributed by atoms with Crippen LogP contribution in [0.5, 0.6) is 0 Å². The molecular formula is H7ILiPS. The van der Waals surface area contributed by atoms with E-state index >= 15 is 0 Å². The van der Waals surface area contributed by atoms with Crippen molar-refractivity contribution in [3.63, 3.8) is 0 Å². The molecule has 1 atom stereocenters. The number of hydrogen-bond donors (Lipinski definition) is 0. The van der Waals surface area contributed by atoms with Crippen LogP contribution in [0.25, 0.3) is 0 Å². The van der Waals surface area contributed by atoms with Crippen molar-refractivity contribution < 1.29 is 0 Å². The molecule has 0 aromatic carbocycles. The van der Waals surface area contributed by atoms with Crippen LogP contribution in [0.15, 0.2) is 0 Å². The topological polar surface area (TPSA) is 0 Å². The third-order valence-corrected chi connectivity index (χ3v) is 0. The number of halogens is 1. The molecule has 4 heteroatoms. The van der Waals surface area contributed by atoms with Crippen molar-refractivity contribution in [3.8, 4) is 0 Å². The Morgan fingerprint density at radius 2 is 1.00 bits per heavy atom. The molecular weight excluding hydrogens is 197 g/mol. The Balaban J connectivity index is 0. The molecule has 4 heavy (non-hydrogen) atoms. The molecule has 0 aromatic rings. The van der Waals surface area contributed by atoms with Crippen LogP contribution in [0.3, 0.4) is 0 Å². The zero-order valence-electron chi connectivity index (χ0n) is 1.62. The predicted molar refractivity (Wildman–Crippen MR) is 44.1 cm³/mol. The molecule has 0 amide bonds. The first-order valence-electron chi connectivity index (χ1n) is 0. The van der Waals surface area contributed by atoms with Gasteiger partial charge in [-0.05, 0) is 0 Å². The van der Waals surface area contributed by atoms with Crippen LogP contribution in [0.1, 0.15) is 0 Å².